The van der Waals surface area contributed by atoms with Crippen LogP contribution >= 0.6 is 0 Å². The number of nitrogen functional groups attached to an aromatic ring is 2. The number of benzene rings is 8. The number of oxazole rings is 3. The van der Waals surface area contributed by atoms with Gasteiger partial charge in [0.25, 0.3) is 0 Å². The van der Waals surface area contributed by atoms with Crippen LogP contribution in [0.2, 0.25) is 0 Å². The van der Waals surface area contributed by atoms with Crippen LogP contribution < -0.4 is 39.8 Å². The van der Waals surface area contributed by atoms with Crippen LogP contribution in [0.4, 0.5) is 34.6 Å². The van der Waals surface area contributed by atoms with Gasteiger partial charge in [0.05, 0.1) is 41.0 Å². The van der Waals surface area contributed by atoms with E-state index < -0.39 is 28.8 Å². The van der Waals surface area contributed by atoms with E-state index in [0.29, 0.717) is 17.5 Å². The number of nitrogens with zero attached hydrogens (tertiary/aromatic N) is 3. The van der Waals surface area contributed by atoms with Gasteiger partial charge in [-0.25, -0.2) is 27.5 Å². The molecule has 0 aliphatic heterocycles. The average Bonchev–Trinajstić information content (AvgIpc) is 4.35. The lowest BCUT2D eigenvalue weighted by molar-refractivity contribution is -0.368. The zero-order chi connectivity index (χ0) is 55.0. The van der Waals surface area contributed by atoms with E-state index in [0.717, 1.165) is 85.7 Å². The molecule has 7 N–H and O–H groups in total. The second kappa shape index (κ2) is 27.2. The molecule has 17 heteroatoms. The Hall–Kier alpha value is -9.90. The van der Waals surface area contributed by atoms with Crippen LogP contribution in [0.1, 0.15) is 32.6 Å². The normalized spacial score (nSPS) is 10.5. The molecule has 0 unspecified atom stereocenters. The smallest absolute Gasteiger partial charge is 0.378 e. The van der Waals surface area contributed by atoms with E-state index in [1.165, 1.54) is 41.0 Å². The third kappa shape index (κ3) is 14.7. The third-order valence-electron chi connectivity index (χ3n) is 12.1. The van der Waals surface area contributed by atoms with Gasteiger partial charge in [-0.1, -0.05) is 66.7 Å². The molecule has 11 rings (SSSR count). The molecule has 3 heterocycles. The molecule has 11 aromatic rings. The highest BCUT2D eigenvalue weighted by Gasteiger charge is 2.13. The van der Waals surface area contributed by atoms with Gasteiger partial charge in [0.2, 0.25) is 18.0 Å². The first-order valence-electron chi connectivity index (χ1n) is 24.1. The average molecular weight is 1080 g/mol. The number of carbonyl (C=O) groups is 1. The first-order chi connectivity index (χ1) is 37.9. The number of aromatic amines is 1. The Morgan fingerprint density at radius 2 is 0.937 bits per heavy atom. The molecule has 0 spiro atoms. The number of aldehydes is 1. The van der Waals surface area contributed by atoms with Crippen LogP contribution in [0.3, 0.4) is 0 Å². The molecule has 0 saturated carbocycles. The summed E-state index contributed by atoms with van der Waals surface area (Å²) in [5.41, 5.74) is 26.0. The molecule has 0 atom stereocenters. The minimum Gasteiger partial charge on any atom is -1.00 e. The number of H-pyrrole nitrogens is 1. The molecule has 0 bridgehead atoms. The molecule has 0 amide bonds. The van der Waals surface area contributed by atoms with Crippen molar-refractivity contribution in [1.29, 1.82) is 0 Å². The van der Waals surface area contributed by atoms with Gasteiger partial charge in [0, 0.05) is 22.5 Å². The van der Waals surface area contributed by atoms with Crippen LogP contribution in [0.15, 0.2) is 220 Å². The number of aromatic nitrogens is 3. The standard InChI is InChI=1S/C23H17F2N3O.C16H15N3O.C16H14N2O.C7H4F2O.ClH/c1-15-5-6-17(23-26-11-12-29-23)13-19(15)16-7-9-18(10-8-16)28-27-14-20-21(24)3-2-4-22(20)25;1-11-2-3-13(16-18-8-9-20-16)10-15(11)12-4-6-14(19-17)7-5-12;1-11-2-3-13(16-18-8-9-19-16)10-15(11)12-4-6-14(17)7-5-12;8-6-2-1-3-7(9)5(6)4-10;/h2-14,28H,1H3;2-10,19H,17H2,1H3;2-10H,17H2,1H3;1-4H;1H/b27-14+;;;;. The molecule has 0 fully saturated rings. The Kier molecular flexibility index (Phi) is 19.6. The maximum absolute atomic E-state index is 13.6. The van der Waals surface area contributed by atoms with Crippen molar-refractivity contribution >= 4 is 29.6 Å². The Balaban J connectivity index is 0.000000160. The number of hydrogen-bond acceptors (Lipinski definition) is 11. The van der Waals surface area contributed by atoms with E-state index in [1.54, 1.807) is 37.4 Å². The molecule has 398 valence electrons. The molecule has 12 nitrogen and oxygen atoms in total. The van der Waals surface area contributed by atoms with Gasteiger partial charge in [-0.3, -0.25) is 16.1 Å². The number of hydrogen-bond donors (Lipinski definition) is 4. The fraction of sp³-hybridized carbons (Fsp3) is 0.0484. The highest BCUT2D eigenvalue weighted by molar-refractivity contribution is 5.81. The summed E-state index contributed by atoms with van der Waals surface area (Å²) >= 11 is 0. The van der Waals surface area contributed by atoms with Gasteiger partial charge in [-0.2, -0.15) is 10.1 Å². The number of nitrogens with two attached hydrogens (primary N) is 2. The monoisotopic (exact) mass is 1080 g/mol. The lowest BCUT2D eigenvalue weighted by Crippen LogP contribution is -3.00. The van der Waals surface area contributed by atoms with Crippen LogP contribution in [-0.2, 0) is 0 Å². The largest absolute Gasteiger partial charge is 1.00 e. The molecule has 3 aromatic heterocycles. The lowest BCUT2D eigenvalue weighted by Gasteiger charge is -2.09. The summed E-state index contributed by atoms with van der Waals surface area (Å²) in [6.45, 7) is 6.22. The van der Waals surface area contributed by atoms with Crippen molar-refractivity contribution in [2.24, 2.45) is 10.9 Å². The Labute approximate surface area is 458 Å². The number of anilines is 3. The van der Waals surface area contributed by atoms with E-state index in [2.05, 4.69) is 69.0 Å². The summed E-state index contributed by atoms with van der Waals surface area (Å²) in [6, 6.07) is 48.9. The van der Waals surface area contributed by atoms with Crippen molar-refractivity contribution in [2.75, 3.05) is 16.6 Å². The number of halogens is 5. The minimum absolute atomic E-state index is 0. The molecule has 0 saturated heterocycles. The van der Waals surface area contributed by atoms with Gasteiger partial charge < -0.3 is 36.8 Å². The van der Waals surface area contributed by atoms with Crippen LogP contribution in [0.5, 0.6) is 0 Å². The Morgan fingerprint density at radius 1 is 0.519 bits per heavy atom. The molecule has 0 radical (unpaired) electrons. The summed E-state index contributed by atoms with van der Waals surface area (Å²) in [5, 5.41) is 3.93. The maximum atomic E-state index is 13.6. The number of aryl methyl sites for hydroxylation is 3. The summed E-state index contributed by atoms with van der Waals surface area (Å²) in [5.74, 6) is 4.38. The number of rotatable bonds is 11. The van der Waals surface area contributed by atoms with Gasteiger partial charge in [0.1, 0.15) is 35.8 Å². The van der Waals surface area contributed by atoms with Crippen LogP contribution in [-0.4, -0.2) is 22.5 Å². The topological polar surface area (TPSA) is 185 Å². The Bertz CT molecular complexity index is 3710. The van der Waals surface area contributed by atoms with Gasteiger partial charge in [0.15, 0.2) is 12.5 Å². The highest BCUT2D eigenvalue weighted by Crippen LogP contribution is 2.32. The van der Waals surface area contributed by atoms with E-state index in [1.807, 2.05) is 110 Å². The molecular formula is C62H51ClF4N8O4. The number of nitrogens with one attached hydrogen (secondary N) is 3. The van der Waals surface area contributed by atoms with Gasteiger partial charge >= 0.3 is 5.89 Å². The first kappa shape index (κ1) is 56.8. The van der Waals surface area contributed by atoms with Crippen molar-refractivity contribution in [1.82, 2.24) is 9.97 Å². The highest BCUT2D eigenvalue weighted by atomic mass is 35.5. The summed E-state index contributed by atoms with van der Waals surface area (Å²) < 4.78 is 68.1. The van der Waals surface area contributed by atoms with Crippen LogP contribution in [0.25, 0.3) is 67.7 Å². The molecule has 79 heavy (non-hydrogen) atoms. The number of carbonyl (C=O) groups excluding carboxylic acids is 1. The van der Waals surface area contributed by atoms with Crippen molar-refractivity contribution in [2.45, 2.75) is 20.8 Å². The Morgan fingerprint density at radius 3 is 1.34 bits per heavy atom. The van der Waals surface area contributed by atoms with E-state index in [4.69, 9.17) is 24.8 Å². The SMILES string of the molecule is Cc1ccc(-c2[nH+]cco2)cc1-c1ccc(NN)cc1.Cc1ccc(-c2ncco2)cc1-c1ccc(N)cc1.Cc1ccc(-c2ncco2)cc1-c1ccc(N/N=C/c2c(F)cccc2F)cc1.O=Cc1c(F)cccc1F.[Cl-]. The van der Waals surface area contributed by atoms with E-state index >= 15 is 0 Å². The predicted octanol–water partition coefficient (Wildman–Crippen LogP) is 11.7. The quantitative estimate of drug-likeness (QED) is 0.0243. The fourth-order valence-electron chi connectivity index (χ4n) is 7.90. The zero-order valence-electron chi connectivity index (χ0n) is 42.7. The predicted molar refractivity (Wildman–Crippen MR) is 297 cm³/mol. The maximum Gasteiger partial charge on any atom is 0.378 e. The molecule has 0 aliphatic carbocycles. The molecule has 8 aromatic carbocycles. The van der Waals surface area contributed by atoms with Crippen molar-refractivity contribution in [3.63, 3.8) is 0 Å². The third-order valence-corrected chi connectivity index (χ3v) is 12.1. The minimum atomic E-state index is -0.824. The van der Waals surface area contributed by atoms with Gasteiger partial charge in [-0.05, 0) is 168 Å². The summed E-state index contributed by atoms with van der Waals surface area (Å²) in [4.78, 5) is 21.4. The number of hydrazone groups is 1. The molecule has 0 aliphatic rings. The van der Waals surface area contributed by atoms with E-state index in [9.17, 15) is 22.4 Å². The summed E-state index contributed by atoms with van der Waals surface area (Å²) in [7, 11) is 0. The van der Waals surface area contributed by atoms with Crippen molar-refractivity contribution < 1.29 is 53.0 Å². The van der Waals surface area contributed by atoms with Crippen molar-refractivity contribution in [3.8, 4) is 67.7 Å². The second-order valence-corrected chi connectivity index (χ2v) is 17.3. The van der Waals surface area contributed by atoms with Crippen LogP contribution in [0, 0.1) is 44.0 Å². The lowest BCUT2D eigenvalue weighted by atomic mass is 9.98. The second-order valence-electron chi connectivity index (χ2n) is 17.3. The van der Waals surface area contributed by atoms with Crippen molar-refractivity contribution in [3.05, 3.63) is 252 Å². The fourth-order valence-corrected chi connectivity index (χ4v) is 7.90. The molecular weight excluding hydrogens is 1030 g/mol. The first-order valence-corrected chi connectivity index (χ1v) is 24.1. The van der Waals surface area contributed by atoms with Gasteiger partial charge in [-0.15, -0.1) is 0 Å². The zero-order valence-corrected chi connectivity index (χ0v) is 43.5. The summed E-state index contributed by atoms with van der Waals surface area (Å²) in [6.07, 6.45) is 11.1. The van der Waals surface area contributed by atoms with E-state index in [-0.39, 0.29) is 24.3 Å². The number of hydrazine groups is 1.